The van der Waals surface area contributed by atoms with Gasteiger partial charge in [-0.1, -0.05) is 17.8 Å². The Morgan fingerprint density at radius 1 is 1.18 bits per heavy atom. The second-order valence-corrected chi connectivity index (χ2v) is 7.70. The lowest BCUT2D eigenvalue weighted by atomic mass is 10.1. The zero-order chi connectivity index (χ0) is 19.3. The SMILES string of the molecule is COc1ccc(CSc2nnc(N3CCCCC3)n2Cc2ccco2)cc1F. The molecule has 0 amide bonds. The van der Waals surface area contributed by atoms with Gasteiger partial charge < -0.3 is 14.1 Å². The first kappa shape index (κ1) is 18.9. The van der Waals surface area contributed by atoms with Crippen molar-refractivity contribution in [3.8, 4) is 5.75 Å². The summed E-state index contributed by atoms with van der Waals surface area (Å²) in [5.74, 6) is 2.22. The van der Waals surface area contributed by atoms with Gasteiger partial charge in [0.05, 0.1) is 19.9 Å². The first-order valence-electron chi connectivity index (χ1n) is 9.40. The van der Waals surface area contributed by atoms with Crippen LogP contribution in [0.2, 0.25) is 0 Å². The highest BCUT2D eigenvalue weighted by atomic mass is 32.2. The first-order chi connectivity index (χ1) is 13.7. The molecule has 148 valence electrons. The minimum Gasteiger partial charge on any atom is -0.494 e. The monoisotopic (exact) mass is 402 g/mol. The Labute approximate surface area is 167 Å². The molecule has 1 fully saturated rings. The summed E-state index contributed by atoms with van der Waals surface area (Å²) in [6.07, 6.45) is 5.27. The minimum absolute atomic E-state index is 0.252. The number of aromatic nitrogens is 3. The van der Waals surface area contributed by atoms with Crippen LogP contribution >= 0.6 is 11.8 Å². The number of thioether (sulfide) groups is 1. The van der Waals surface area contributed by atoms with Crippen LogP contribution in [0.15, 0.2) is 46.2 Å². The number of anilines is 1. The van der Waals surface area contributed by atoms with E-state index in [-0.39, 0.29) is 11.6 Å². The second kappa shape index (κ2) is 8.68. The van der Waals surface area contributed by atoms with Gasteiger partial charge in [-0.15, -0.1) is 10.2 Å². The molecule has 0 spiro atoms. The lowest BCUT2D eigenvalue weighted by Gasteiger charge is -2.27. The molecule has 0 unspecified atom stereocenters. The predicted molar refractivity (Wildman–Crippen MR) is 106 cm³/mol. The standard InChI is InChI=1S/C20H23FN4O2S/c1-26-18-8-7-15(12-17(18)21)14-28-20-23-22-19(24-9-3-2-4-10-24)25(20)13-16-6-5-11-27-16/h5-8,11-12H,2-4,9-10,13-14H2,1H3. The van der Waals surface area contributed by atoms with Crippen molar-refractivity contribution >= 4 is 17.7 Å². The molecule has 0 aliphatic carbocycles. The number of furan rings is 1. The summed E-state index contributed by atoms with van der Waals surface area (Å²) in [6, 6.07) is 8.86. The van der Waals surface area contributed by atoms with Gasteiger partial charge in [0.2, 0.25) is 5.95 Å². The molecule has 6 nitrogen and oxygen atoms in total. The molecule has 28 heavy (non-hydrogen) atoms. The van der Waals surface area contributed by atoms with Crippen molar-refractivity contribution in [2.24, 2.45) is 0 Å². The summed E-state index contributed by atoms with van der Waals surface area (Å²) in [6.45, 7) is 2.56. The Morgan fingerprint density at radius 2 is 2.04 bits per heavy atom. The molecule has 1 aliphatic rings. The molecule has 0 N–H and O–H groups in total. The van der Waals surface area contributed by atoms with Gasteiger partial charge in [-0.2, -0.15) is 0 Å². The molecule has 4 rings (SSSR count). The van der Waals surface area contributed by atoms with Crippen LogP contribution in [0, 0.1) is 5.82 Å². The summed E-state index contributed by atoms with van der Waals surface area (Å²) in [5, 5.41) is 9.68. The van der Waals surface area contributed by atoms with Gasteiger partial charge in [0.25, 0.3) is 0 Å². The van der Waals surface area contributed by atoms with Gasteiger partial charge in [-0.25, -0.2) is 4.39 Å². The third-order valence-corrected chi connectivity index (χ3v) is 5.85. The highest BCUT2D eigenvalue weighted by Gasteiger charge is 2.21. The number of piperidine rings is 1. The molecule has 0 radical (unpaired) electrons. The zero-order valence-electron chi connectivity index (χ0n) is 15.8. The van der Waals surface area contributed by atoms with E-state index in [4.69, 9.17) is 9.15 Å². The molecule has 3 heterocycles. The second-order valence-electron chi connectivity index (χ2n) is 6.75. The molecule has 0 saturated carbocycles. The van der Waals surface area contributed by atoms with Crippen LogP contribution in [-0.4, -0.2) is 35.0 Å². The molecule has 2 aromatic heterocycles. The van der Waals surface area contributed by atoms with Crippen LogP contribution in [0.4, 0.5) is 10.3 Å². The quantitative estimate of drug-likeness (QED) is 0.548. The number of hydrogen-bond donors (Lipinski definition) is 0. The normalized spacial score (nSPS) is 14.4. The molecule has 1 saturated heterocycles. The summed E-state index contributed by atoms with van der Waals surface area (Å²) < 4.78 is 26.6. The van der Waals surface area contributed by atoms with Gasteiger partial charge >= 0.3 is 0 Å². The average molecular weight is 402 g/mol. The Bertz CT molecular complexity index is 907. The third-order valence-electron chi connectivity index (χ3n) is 4.81. The molecule has 0 bridgehead atoms. The van der Waals surface area contributed by atoms with Crippen LogP contribution in [0.1, 0.15) is 30.6 Å². The van der Waals surface area contributed by atoms with E-state index in [1.165, 1.54) is 32.4 Å². The van der Waals surface area contributed by atoms with E-state index >= 15 is 0 Å². The minimum atomic E-state index is -0.355. The van der Waals surface area contributed by atoms with E-state index in [1.807, 2.05) is 18.2 Å². The van der Waals surface area contributed by atoms with Crippen molar-refractivity contribution in [2.75, 3.05) is 25.1 Å². The maximum absolute atomic E-state index is 14.0. The average Bonchev–Trinajstić information content (AvgIpc) is 3.38. The van der Waals surface area contributed by atoms with E-state index in [1.54, 1.807) is 24.1 Å². The number of ether oxygens (including phenoxy) is 1. The van der Waals surface area contributed by atoms with Crippen LogP contribution in [0.3, 0.4) is 0 Å². The fourth-order valence-corrected chi connectivity index (χ4v) is 4.24. The van der Waals surface area contributed by atoms with Crippen LogP contribution < -0.4 is 9.64 Å². The molecular formula is C20H23FN4O2S. The maximum atomic E-state index is 14.0. The topological polar surface area (TPSA) is 56.3 Å². The molecule has 1 aromatic carbocycles. The summed E-state index contributed by atoms with van der Waals surface area (Å²) in [7, 11) is 1.46. The van der Waals surface area contributed by atoms with Gasteiger partial charge in [0.1, 0.15) is 5.76 Å². The highest BCUT2D eigenvalue weighted by molar-refractivity contribution is 7.98. The smallest absolute Gasteiger partial charge is 0.228 e. The Hall–Kier alpha value is -2.48. The van der Waals surface area contributed by atoms with Gasteiger partial charge in [0, 0.05) is 18.8 Å². The molecule has 0 atom stereocenters. The first-order valence-corrected chi connectivity index (χ1v) is 10.4. The van der Waals surface area contributed by atoms with Gasteiger partial charge in [0.15, 0.2) is 16.7 Å². The van der Waals surface area contributed by atoms with Crippen molar-refractivity contribution in [2.45, 2.75) is 36.7 Å². The van der Waals surface area contributed by atoms with Crippen molar-refractivity contribution in [3.63, 3.8) is 0 Å². The Kier molecular flexibility index (Phi) is 5.85. The number of halogens is 1. The summed E-state index contributed by atoms with van der Waals surface area (Å²) in [4.78, 5) is 2.29. The number of hydrogen-bond acceptors (Lipinski definition) is 6. The fraction of sp³-hybridized carbons (Fsp3) is 0.400. The molecular weight excluding hydrogens is 379 g/mol. The van der Waals surface area contributed by atoms with E-state index < -0.39 is 0 Å². The van der Waals surface area contributed by atoms with E-state index in [0.29, 0.717) is 12.3 Å². The van der Waals surface area contributed by atoms with Crippen molar-refractivity contribution in [1.29, 1.82) is 0 Å². The Balaban J connectivity index is 1.55. The van der Waals surface area contributed by atoms with Crippen molar-refractivity contribution < 1.29 is 13.5 Å². The van der Waals surface area contributed by atoms with Crippen LogP contribution in [0.5, 0.6) is 5.75 Å². The van der Waals surface area contributed by atoms with Crippen molar-refractivity contribution in [1.82, 2.24) is 14.8 Å². The molecule has 3 aromatic rings. The van der Waals surface area contributed by atoms with Gasteiger partial charge in [-0.05, 0) is 49.1 Å². The summed E-state index contributed by atoms with van der Waals surface area (Å²) in [5.41, 5.74) is 0.871. The lowest BCUT2D eigenvalue weighted by molar-refractivity contribution is 0.386. The van der Waals surface area contributed by atoms with Gasteiger partial charge in [-0.3, -0.25) is 4.57 Å². The maximum Gasteiger partial charge on any atom is 0.228 e. The molecule has 1 aliphatic heterocycles. The van der Waals surface area contributed by atoms with E-state index in [0.717, 1.165) is 35.5 Å². The highest BCUT2D eigenvalue weighted by Crippen LogP contribution is 2.29. The third kappa shape index (κ3) is 4.16. The van der Waals surface area contributed by atoms with E-state index in [2.05, 4.69) is 19.7 Å². The van der Waals surface area contributed by atoms with E-state index in [9.17, 15) is 4.39 Å². The van der Waals surface area contributed by atoms with Crippen molar-refractivity contribution in [3.05, 3.63) is 53.7 Å². The van der Waals surface area contributed by atoms with Crippen LogP contribution in [-0.2, 0) is 12.3 Å². The van der Waals surface area contributed by atoms with Crippen LogP contribution in [0.25, 0.3) is 0 Å². The zero-order valence-corrected chi connectivity index (χ0v) is 16.6. The number of methoxy groups -OCH3 is 1. The lowest BCUT2D eigenvalue weighted by Crippen LogP contribution is -2.32. The number of rotatable bonds is 7. The predicted octanol–water partition coefficient (Wildman–Crippen LogP) is 4.35. The Morgan fingerprint density at radius 3 is 2.75 bits per heavy atom. The number of nitrogens with zero attached hydrogens (tertiary/aromatic N) is 4. The largest absolute Gasteiger partial charge is 0.494 e. The molecule has 8 heteroatoms. The fourth-order valence-electron chi connectivity index (χ4n) is 3.36. The summed E-state index contributed by atoms with van der Waals surface area (Å²) >= 11 is 1.54. The number of benzene rings is 1.